The van der Waals surface area contributed by atoms with Crippen molar-refractivity contribution in [2.75, 3.05) is 0 Å². The number of hydrogen-bond donors (Lipinski definition) is 1. The molecule has 0 radical (unpaired) electrons. The maximum Gasteiger partial charge on any atom is 0.209 e. The Morgan fingerprint density at radius 1 is 0.824 bits per heavy atom. The van der Waals surface area contributed by atoms with Crippen LogP contribution in [0.3, 0.4) is 0 Å². The Balaban J connectivity index is 2.32. The summed E-state index contributed by atoms with van der Waals surface area (Å²) in [4.78, 5) is 10.0. The zero-order valence-electron chi connectivity index (χ0n) is 9.34. The molecule has 1 N–H and O–H groups in total. The Morgan fingerprint density at radius 2 is 1.24 bits per heavy atom. The van der Waals surface area contributed by atoms with Crippen molar-refractivity contribution in [3.05, 3.63) is 59.7 Å². The van der Waals surface area contributed by atoms with Gasteiger partial charge in [-0.2, -0.15) is 0 Å². The minimum atomic E-state index is -3.09. The highest BCUT2D eigenvalue weighted by molar-refractivity contribution is 7.56. The van der Waals surface area contributed by atoms with Gasteiger partial charge in [0.25, 0.3) is 0 Å². The van der Waals surface area contributed by atoms with Crippen LogP contribution in [0.15, 0.2) is 48.5 Å². The Labute approximate surface area is 100 Å². The van der Waals surface area contributed by atoms with Gasteiger partial charge in [-0.1, -0.05) is 48.5 Å². The summed E-state index contributed by atoms with van der Waals surface area (Å²) in [6.07, 6.45) is 0.551. The zero-order chi connectivity index (χ0) is 11.9. The maximum atomic E-state index is 12.1. The predicted molar refractivity (Wildman–Crippen MR) is 69.1 cm³/mol. The molecule has 2 nitrogen and oxygen atoms in total. The van der Waals surface area contributed by atoms with Crippen molar-refractivity contribution in [3.63, 3.8) is 0 Å². The summed E-state index contributed by atoms with van der Waals surface area (Å²) in [6, 6.07) is 15.7. The normalized spacial score (nSPS) is 16.8. The maximum absolute atomic E-state index is 12.1. The van der Waals surface area contributed by atoms with Crippen LogP contribution in [0.1, 0.15) is 11.1 Å². The molecular formula is C14H13O2P. The molecule has 0 amide bonds. The van der Waals surface area contributed by atoms with Gasteiger partial charge >= 0.3 is 0 Å². The molecule has 86 valence electrons. The third-order valence-electron chi connectivity index (χ3n) is 3.16. The first-order chi connectivity index (χ1) is 8.16. The summed E-state index contributed by atoms with van der Waals surface area (Å²) >= 11 is 0. The van der Waals surface area contributed by atoms with Crippen LogP contribution in [-0.4, -0.2) is 4.89 Å². The highest BCUT2D eigenvalue weighted by Crippen LogP contribution is 2.53. The lowest BCUT2D eigenvalue weighted by molar-refractivity contribution is 0.476. The van der Waals surface area contributed by atoms with E-state index in [4.69, 9.17) is 0 Å². The molecule has 2 aromatic rings. The monoisotopic (exact) mass is 244 g/mol. The van der Waals surface area contributed by atoms with Crippen LogP contribution in [0.2, 0.25) is 0 Å². The van der Waals surface area contributed by atoms with Gasteiger partial charge in [0, 0.05) is 0 Å². The van der Waals surface area contributed by atoms with Gasteiger partial charge < -0.3 is 4.89 Å². The lowest BCUT2D eigenvalue weighted by atomic mass is 9.97. The van der Waals surface area contributed by atoms with Crippen LogP contribution in [0.5, 0.6) is 0 Å². The minimum Gasteiger partial charge on any atom is -0.344 e. The van der Waals surface area contributed by atoms with Crippen LogP contribution in [0.4, 0.5) is 0 Å². The number of rotatable bonds is 0. The molecule has 3 rings (SSSR count). The molecule has 2 aromatic carbocycles. The average molecular weight is 244 g/mol. The molecular weight excluding hydrogens is 231 g/mol. The fraction of sp³-hybridized carbons (Fsp3) is 0.143. The summed E-state index contributed by atoms with van der Waals surface area (Å²) in [6.45, 7) is 0. The quantitative estimate of drug-likeness (QED) is 0.718. The summed E-state index contributed by atoms with van der Waals surface area (Å²) in [5, 5.41) is 0. The van der Waals surface area contributed by atoms with Gasteiger partial charge in [-0.3, -0.25) is 4.57 Å². The molecule has 0 aliphatic carbocycles. The van der Waals surface area contributed by atoms with Crippen LogP contribution in [0, 0.1) is 0 Å². The molecule has 0 atom stereocenters. The van der Waals surface area contributed by atoms with E-state index >= 15 is 0 Å². The van der Waals surface area contributed by atoms with Crippen molar-refractivity contribution in [1.82, 2.24) is 0 Å². The second-order valence-electron chi connectivity index (χ2n) is 4.48. The van der Waals surface area contributed by atoms with Crippen molar-refractivity contribution in [2.45, 2.75) is 12.3 Å². The number of benzene rings is 2. The van der Waals surface area contributed by atoms with Crippen molar-refractivity contribution in [3.8, 4) is 11.1 Å². The van der Waals surface area contributed by atoms with Crippen LogP contribution >= 0.6 is 7.37 Å². The Morgan fingerprint density at radius 3 is 1.71 bits per heavy atom. The summed E-state index contributed by atoms with van der Waals surface area (Å²) in [5.41, 5.74) is 4.14. The molecule has 1 heterocycles. The zero-order valence-corrected chi connectivity index (χ0v) is 10.2. The fourth-order valence-corrected chi connectivity index (χ4v) is 4.16. The van der Waals surface area contributed by atoms with E-state index in [1.165, 1.54) is 0 Å². The van der Waals surface area contributed by atoms with E-state index in [2.05, 4.69) is 0 Å². The van der Waals surface area contributed by atoms with Gasteiger partial charge in [0.1, 0.15) is 0 Å². The Hall–Kier alpha value is -1.37. The SMILES string of the molecule is O=P1(O)Cc2ccccc2-c2ccccc2C1. The average Bonchev–Trinajstić information content (AvgIpc) is 2.40. The smallest absolute Gasteiger partial charge is 0.209 e. The van der Waals surface area contributed by atoms with Gasteiger partial charge in [0.2, 0.25) is 7.37 Å². The predicted octanol–water partition coefficient (Wildman–Crippen LogP) is 3.64. The molecule has 17 heavy (non-hydrogen) atoms. The molecule has 1 aliphatic rings. The molecule has 0 aromatic heterocycles. The lowest BCUT2D eigenvalue weighted by Gasteiger charge is -2.08. The second kappa shape index (κ2) is 3.83. The fourth-order valence-electron chi connectivity index (χ4n) is 2.43. The third kappa shape index (κ3) is 1.95. The summed E-state index contributed by atoms with van der Waals surface area (Å²) < 4.78 is 12.1. The molecule has 3 heteroatoms. The van der Waals surface area contributed by atoms with E-state index in [-0.39, 0.29) is 12.3 Å². The number of hydrogen-bond acceptors (Lipinski definition) is 1. The van der Waals surface area contributed by atoms with E-state index in [1.807, 2.05) is 48.5 Å². The van der Waals surface area contributed by atoms with Crippen molar-refractivity contribution >= 4 is 7.37 Å². The molecule has 0 fully saturated rings. The van der Waals surface area contributed by atoms with Crippen molar-refractivity contribution < 1.29 is 9.46 Å². The second-order valence-corrected chi connectivity index (χ2v) is 6.80. The lowest BCUT2D eigenvalue weighted by Crippen LogP contribution is -1.88. The number of fused-ring (bicyclic) bond motifs is 3. The first kappa shape index (κ1) is 10.8. The Kier molecular flexibility index (Phi) is 2.43. The van der Waals surface area contributed by atoms with Gasteiger partial charge in [-0.15, -0.1) is 0 Å². The van der Waals surface area contributed by atoms with Crippen molar-refractivity contribution in [1.29, 1.82) is 0 Å². The molecule has 0 saturated carbocycles. The molecule has 0 unspecified atom stereocenters. The van der Waals surface area contributed by atoms with Crippen LogP contribution in [0.25, 0.3) is 11.1 Å². The van der Waals surface area contributed by atoms with Crippen LogP contribution in [-0.2, 0) is 16.9 Å². The molecule has 0 spiro atoms. The topological polar surface area (TPSA) is 37.3 Å². The van der Waals surface area contributed by atoms with E-state index in [0.29, 0.717) is 0 Å². The molecule has 0 saturated heterocycles. The Bertz CT molecular complexity index is 568. The largest absolute Gasteiger partial charge is 0.344 e. The summed E-state index contributed by atoms with van der Waals surface area (Å²) in [7, 11) is -3.09. The van der Waals surface area contributed by atoms with Gasteiger partial charge in [-0.25, -0.2) is 0 Å². The van der Waals surface area contributed by atoms with E-state index in [0.717, 1.165) is 22.3 Å². The van der Waals surface area contributed by atoms with Gasteiger partial charge in [0.15, 0.2) is 0 Å². The third-order valence-corrected chi connectivity index (χ3v) is 4.83. The molecule has 1 aliphatic heterocycles. The molecule has 0 bridgehead atoms. The van der Waals surface area contributed by atoms with E-state index < -0.39 is 7.37 Å². The van der Waals surface area contributed by atoms with Gasteiger partial charge in [-0.05, 0) is 22.3 Å². The first-order valence-corrected chi connectivity index (χ1v) is 7.66. The highest BCUT2D eigenvalue weighted by atomic mass is 31.2. The first-order valence-electron chi connectivity index (χ1n) is 5.63. The van der Waals surface area contributed by atoms with Crippen LogP contribution < -0.4 is 0 Å². The highest BCUT2D eigenvalue weighted by Gasteiger charge is 2.26. The van der Waals surface area contributed by atoms with Gasteiger partial charge in [0.05, 0.1) is 12.3 Å². The van der Waals surface area contributed by atoms with E-state index in [1.54, 1.807) is 0 Å². The minimum absolute atomic E-state index is 0.276. The standard InChI is InChI=1S/C14H13O2P/c15-17(16)9-11-5-1-3-7-13(11)14-8-4-2-6-12(14)10-17/h1-8H,9-10H2,(H,15,16). The van der Waals surface area contributed by atoms with E-state index in [9.17, 15) is 9.46 Å². The summed E-state index contributed by atoms with van der Waals surface area (Å²) in [5.74, 6) is 0. The van der Waals surface area contributed by atoms with Crippen molar-refractivity contribution in [2.24, 2.45) is 0 Å².